The second-order valence-electron chi connectivity index (χ2n) is 7.85. The van der Waals surface area contributed by atoms with E-state index in [-0.39, 0.29) is 28.9 Å². The predicted molar refractivity (Wildman–Crippen MR) is 103 cm³/mol. The van der Waals surface area contributed by atoms with Crippen LogP contribution < -0.4 is 10.7 Å². The number of hydrogen-bond donors (Lipinski definition) is 2. The topological polar surface area (TPSA) is 91.6 Å². The molecule has 2 aromatic rings. The predicted octanol–water partition coefficient (Wildman–Crippen LogP) is 2.25. The SMILES string of the molecule is Cc1cc(F)c(CNC(=O)c2cn3c(c(O)c2=O)C(=O)N(C)C2CCCC23)c(F)c1. The molecule has 1 saturated carbocycles. The van der Waals surface area contributed by atoms with Gasteiger partial charge in [-0.15, -0.1) is 0 Å². The van der Waals surface area contributed by atoms with E-state index < -0.39 is 41.2 Å². The number of aromatic hydroxyl groups is 1. The third kappa shape index (κ3) is 3.05. The Balaban J connectivity index is 1.68. The van der Waals surface area contributed by atoms with Crippen molar-refractivity contribution in [3.8, 4) is 5.75 Å². The first-order valence-electron chi connectivity index (χ1n) is 9.68. The number of rotatable bonds is 3. The van der Waals surface area contributed by atoms with Gasteiger partial charge in [0.1, 0.15) is 17.2 Å². The van der Waals surface area contributed by atoms with E-state index in [1.165, 1.54) is 15.7 Å². The summed E-state index contributed by atoms with van der Waals surface area (Å²) in [6.07, 6.45) is 3.65. The molecule has 2 atom stereocenters. The average Bonchev–Trinajstić information content (AvgIpc) is 3.17. The highest BCUT2D eigenvalue weighted by Crippen LogP contribution is 2.39. The number of benzene rings is 1. The minimum absolute atomic E-state index is 0.0847. The molecule has 0 bridgehead atoms. The lowest BCUT2D eigenvalue weighted by Crippen LogP contribution is -2.47. The Morgan fingerprint density at radius 3 is 2.50 bits per heavy atom. The van der Waals surface area contributed by atoms with Crippen molar-refractivity contribution in [2.24, 2.45) is 0 Å². The fourth-order valence-corrected chi connectivity index (χ4v) is 4.43. The quantitative estimate of drug-likeness (QED) is 0.802. The van der Waals surface area contributed by atoms with Gasteiger partial charge in [-0.05, 0) is 43.9 Å². The summed E-state index contributed by atoms with van der Waals surface area (Å²) in [5.74, 6) is -3.77. The Labute approximate surface area is 170 Å². The minimum atomic E-state index is -0.998. The van der Waals surface area contributed by atoms with Gasteiger partial charge in [-0.1, -0.05) is 0 Å². The average molecular weight is 417 g/mol. The van der Waals surface area contributed by atoms with Gasteiger partial charge in [0.15, 0.2) is 11.4 Å². The highest BCUT2D eigenvalue weighted by atomic mass is 19.1. The molecule has 2 aliphatic rings. The number of carbonyl (C=O) groups excluding carboxylic acids is 2. The summed E-state index contributed by atoms with van der Waals surface area (Å²) >= 11 is 0. The van der Waals surface area contributed by atoms with Crippen LogP contribution in [-0.2, 0) is 6.54 Å². The zero-order chi connectivity index (χ0) is 21.7. The van der Waals surface area contributed by atoms with Crippen LogP contribution >= 0.6 is 0 Å². The summed E-state index contributed by atoms with van der Waals surface area (Å²) in [6.45, 7) is 1.08. The normalized spacial score (nSPS) is 20.1. The van der Waals surface area contributed by atoms with E-state index in [0.717, 1.165) is 31.4 Å². The van der Waals surface area contributed by atoms with Crippen molar-refractivity contribution in [2.45, 2.75) is 44.8 Å². The van der Waals surface area contributed by atoms with Gasteiger partial charge in [-0.3, -0.25) is 14.4 Å². The number of nitrogens with zero attached hydrogens (tertiary/aromatic N) is 2. The first kappa shape index (κ1) is 20.1. The maximum atomic E-state index is 14.0. The van der Waals surface area contributed by atoms with Gasteiger partial charge >= 0.3 is 0 Å². The smallest absolute Gasteiger partial charge is 0.274 e. The van der Waals surface area contributed by atoms with Gasteiger partial charge in [0.2, 0.25) is 5.43 Å². The molecular formula is C21H21F2N3O4. The van der Waals surface area contributed by atoms with Gasteiger partial charge in [0, 0.05) is 25.4 Å². The maximum Gasteiger partial charge on any atom is 0.274 e. The van der Waals surface area contributed by atoms with Crippen molar-refractivity contribution >= 4 is 11.8 Å². The van der Waals surface area contributed by atoms with Crippen molar-refractivity contribution in [3.63, 3.8) is 0 Å². The van der Waals surface area contributed by atoms with E-state index in [1.54, 1.807) is 14.0 Å². The van der Waals surface area contributed by atoms with Crippen LogP contribution in [0.5, 0.6) is 5.75 Å². The zero-order valence-electron chi connectivity index (χ0n) is 16.5. The summed E-state index contributed by atoms with van der Waals surface area (Å²) in [4.78, 5) is 39.4. The van der Waals surface area contributed by atoms with Gasteiger partial charge in [0.25, 0.3) is 11.8 Å². The number of carbonyl (C=O) groups is 2. The van der Waals surface area contributed by atoms with E-state index >= 15 is 0 Å². The van der Waals surface area contributed by atoms with Crippen molar-refractivity contribution in [1.82, 2.24) is 14.8 Å². The molecule has 2 amide bonds. The molecule has 4 rings (SSSR count). The zero-order valence-corrected chi connectivity index (χ0v) is 16.5. The molecule has 2 unspecified atom stereocenters. The van der Waals surface area contributed by atoms with E-state index in [9.17, 15) is 28.3 Å². The van der Waals surface area contributed by atoms with Crippen LogP contribution in [0.15, 0.2) is 23.1 Å². The number of likely N-dealkylation sites (N-methyl/N-ethyl adjacent to an activating group) is 1. The van der Waals surface area contributed by atoms with Crippen molar-refractivity contribution in [3.05, 3.63) is 62.6 Å². The largest absolute Gasteiger partial charge is 0.503 e. The molecule has 1 fully saturated rings. The van der Waals surface area contributed by atoms with E-state index in [0.29, 0.717) is 5.56 Å². The standard InChI is InChI=1S/C21H21F2N3O4/c1-10-6-13(22)11(14(23)7-10)8-24-20(29)12-9-26-16-5-3-4-15(16)25(2)21(30)17(26)19(28)18(12)27/h6-7,9,15-16,28H,3-5,8H2,1-2H3,(H,24,29). The Kier molecular flexibility index (Phi) is 4.83. The Bertz CT molecular complexity index is 1100. The summed E-state index contributed by atoms with van der Waals surface area (Å²) < 4.78 is 29.5. The first-order valence-corrected chi connectivity index (χ1v) is 9.68. The van der Waals surface area contributed by atoms with Gasteiger partial charge < -0.3 is 19.9 Å². The van der Waals surface area contributed by atoms with Crippen LogP contribution in [0.3, 0.4) is 0 Å². The van der Waals surface area contributed by atoms with Gasteiger partial charge in [-0.25, -0.2) is 8.78 Å². The molecule has 30 heavy (non-hydrogen) atoms. The molecule has 158 valence electrons. The lowest BCUT2D eigenvalue weighted by molar-refractivity contribution is 0.0616. The second-order valence-corrected chi connectivity index (χ2v) is 7.85. The van der Waals surface area contributed by atoms with Crippen LogP contribution in [0.2, 0.25) is 0 Å². The Hall–Kier alpha value is -3.23. The fraction of sp³-hybridized carbons (Fsp3) is 0.381. The molecular weight excluding hydrogens is 396 g/mol. The summed E-state index contributed by atoms with van der Waals surface area (Å²) in [5.41, 5.74) is -1.45. The van der Waals surface area contributed by atoms with E-state index in [1.807, 2.05) is 0 Å². The van der Waals surface area contributed by atoms with Crippen LogP contribution in [0.4, 0.5) is 8.78 Å². The van der Waals surface area contributed by atoms with Crippen LogP contribution in [0.25, 0.3) is 0 Å². The van der Waals surface area contributed by atoms with Crippen molar-refractivity contribution in [1.29, 1.82) is 0 Å². The summed E-state index contributed by atoms with van der Waals surface area (Å²) in [5, 5.41) is 12.7. The summed E-state index contributed by atoms with van der Waals surface area (Å²) in [7, 11) is 1.63. The first-order chi connectivity index (χ1) is 14.2. The molecule has 1 aliphatic carbocycles. The highest BCUT2D eigenvalue weighted by Gasteiger charge is 2.42. The Morgan fingerprint density at radius 2 is 1.83 bits per heavy atom. The van der Waals surface area contributed by atoms with Crippen molar-refractivity contribution < 1.29 is 23.5 Å². The number of hydrogen-bond acceptors (Lipinski definition) is 4. The third-order valence-electron chi connectivity index (χ3n) is 5.99. The van der Waals surface area contributed by atoms with Crippen LogP contribution in [-0.4, -0.2) is 39.5 Å². The van der Waals surface area contributed by atoms with E-state index in [4.69, 9.17) is 0 Å². The third-order valence-corrected chi connectivity index (χ3v) is 5.99. The molecule has 1 aromatic carbocycles. The molecule has 0 spiro atoms. The second kappa shape index (κ2) is 7.23. The van der Waals surface area contributed by atoms with Gasteiger partial charge in [0.05, 0.1) is 12.1 Å². The number of amides is 2. The lowest BCUT2D eigenvalue weighted by atomic mass is 10.0. The number of nitrogens with one attached hydrogen (secondary N) is 1. The molecule has 0 saturated heterocycles. The Morgan fingerprint density at radius 1 is 1.20 bits per heavy atom. The highest BCUT2D eigenvalue weighted by molar-refractivity contribution is 5.99. The number of aryl methyl sites for hydroxylation is 1. The molecule has 2 heterocycles. The molecule has 0 radical (unpaired) electrons. The lowest BCUT2D eigenvalue weighted by Gasteiger charge is -2.38. The monoisotopic (exact) mass is 417 g/mol. The van der Waals surface area contributed by atoms with E-state index in [2.05, 4.69) is 5.32 Å². The van der Waals surface area contributed by atoms with Crippen LogP contribution in [0.1, 0.15) is 57.3 Å². The maximum absolute atomic E-state index is 14.0. The molecule has 1 aliphatic heterocycles. The number of fused-ring (bicyclic) bond motifs is 3. The van der Waals surface area contributed by atoms with Crippen molar-refractivity contribution in [2.75, 3.05) is 7.05 Å². The molecule has 9 heteroatoms. The summed E-state index contributed by atoms with van der Waals surface area (Å²) in [6, 6.07) is 2.05. The number of aromatic nitrogens is 1. The molecule has 1 aromatic heterocycles. The van der Waals surface area contributed by atoms with Gasteiger partial charge in [-0.2, -0.15) is 0 Å². The minimum Gasteiger partial charge on any atom is -0.503 e. The molecule has 2 N–H and O–H groups in total. The molecule has 7 nitrogen and oxygen atoms in total. The number of halogens is 2. The fourth-order valence-electron chi connectivity index (χ4n) is 4.43. The van der Waals surface area contributed by atoms with Crippen LogP contribution in [0, 0.1) is 18.6 Å². The number of pyridine rings is 1.